The van der Waals surface area contributed by atoms with Gasteiger partial charge in [-0.2, -0.15) is 54.1 Å². The van der Waals surface area contributed by atoms with Crippen LogP contribution in [-0.4, -0.2) is 40.8 Å². The summed E-state index contributed by atoms with van der Waals surface area (Å²) in [6.07, 6.45) is 0. The van der Waals surface area contributed by atoms with E-state index in [1.54, 1.807) is 20.8 Å². The second kappa shape index (κ2) is 6.21. The third-order valence-corrected chi connectivity index (χ3v) is 4.42. The molecule has 1 aliphatic carbocycles. The molecule has 1 saturated carbocycles. The van der Waals surface area contributed by atoms with Crippen molar-refractivity contribution in [1.82, 2.24) is 0 Å². The van der Waals surface area contributed by atoms with Gasteiger partial charge in [0.15, 0.2) is 0 Å². The first-order valence-corrected chi connectivity index (χ1v) is 7.87. The van der Waals surface area contributed by atoms with Crippen LogP contribution in [0.2, 0.25) is 0 Å². The van der Waals surface area contributed by atoms with Crippen molar-refractivity contribution < 1.29 is 49.0 Å². The zero-order valence-electron chi connectivity index (χ0n) is 14.9. The topological polar surface area (TPSA) is 45.0 Å². The van der Waals surface area contributed by atoms with Crippen LogP contribution in [0.15, 0.2) is 28.4 Å². The summed E-state index contributed by atoms with van der Waals surface area (Å²) >= 11 is 0. The summed E-state index contributed by atoms with van der Waals surface area (Å²) in [7, 11) is 0. The van der Waals surface area contributed by atoms with Gasteiger partial charge in [-0.05, 0) is 11.5 Å². The first kappa shape index (κ1) is 23.2. The maximum absolute atomic E-state index is 13.8. The van der Waals surface area contributed by atoms with Crippen molar-refractivity contribution in [2.75, 3.05) is 0 Å². The number of nitrogens with zero attached hydrogens (tertiary/aromatic N) is 2. The summed E-state index contributed by atoms with van der Waals surface area (Å²) in [5, 5.41) is 15.0. The Bertz CT molecular complexity index is 799. The minimum atomic E-state index is -7.06. The Morgan fingerprint density at radius 2 is 1.24 bits per heavy atom. The molecule has 0 aromatic heterocycles. The van der Waals surface area contributed by atoms with Gasteiger partial charge < -0.3 is 5.11 Å². The molecule has 0 unspecified atom stereocenters. The number of phenolic OH excluding ortho intramolecular Hbond substituents is 1. The number of rotatable bonds is 2. The molecule has 13 heteroatoms. The van der Waals surface area contributed by atoms with Crippen LogP contribution in [0.25, 0.3) is 0 Å². The lowest BCUT2D eigenvalue weighted by Gasteiger charge is -2.47. The van der Waals surface area contributed by atoms with E-state index in [1.807, 2.05) is 0 Å². The molecule has 3 nitrogen and oxygen atoms in total. The fourth-order valence-corrected chi connectivity index (χ4v) is 2.67. The predicted octanol–water partition coefficient (Wildman–Crippen LogP) is 6.33. The number of alkyl halides is 10. The van der Waals surface area contributed by atoms with Gasteiger partial charge in [-0.15, -0.1) is 0 Å². The van der Waals surface area contributed by atoms with Crippen molar-refractivity contribution >= 4 is 5.69 Å². The highest BCUT2D eigenvalue weighted by atomic mass is 19.4. The van der Waals surface area contributed by atoms with Gasteiger partial charge in [0.2, 0.25) is 6.04 Å². The molecule has 0 spiro atoms. The molecular weight excluding hydrogens is 426 g/mol. The Labute approximate surface area is 157 Å². The smallest absolute Gasteiger partial charge is 0.384 e. The zero-order chi connectivity index (χ0) is 22.8. The van der Waals surface area contributed by atoms with Crippen molar-refractivity contribution in [3.05, 3.63) is 23.8 Å². The average Bonchev–Trinajstić information content (AvgIpc) is 2.53. The van der Waals surface area contributed by atoms with E-state index in [0.29, 0.717) is 0 Å². The Morgan fingerprint density at radius 3 is 1.66 bits per heavy atom. The minimum Gasteiger partial charge on any atom is -0.505 e. The van der Waals surface area contributed by atoms with E-state index in [1.165, 1.54) is 12.1 Å². The summed E-state index contributed by atoms with van der Waals surface area (Å²) in [6.45, 7) is 4.74. The first-order chi connectivity index (χ1) is 12.7. The Hall–Kier alpha value is -2.08. The van der Waals surface area contributed by atoms with Crippen molar-refractivity contribution in [3.63, 3.8) is 0 Å². The molecule has 0 radical (unpaired) electrons. The Kier molecular flexibility index (Phi) is 4.97. The third-order valence-electron chi connectivity index (χ3n) is 4.42. The number of halogens is 10. The van der Waals surface area contributed by atoms with Crippen molar-refractivity contribution in [3.8, 4) is 5.75 Å². The van der Waals surface area contributed by atoms with Crippen LogP contribution in [0.3, 0.4) is 0 Å². The normalized spacial score (nSPS) is 25.3. The summed E-state index contributed by atoms with van der Waals surface area (Å²) in [6, 6.07) is -1.28. The summed E-state index contributed by atoms with van der Waals surface area (Å²) < 4.78 is 135. The lowest BCUT2D eigenvalue weighted by Crippen LogP contribution is -2.79. The third kappa shape index (κ3) is 2.95. The molecular formula is C16H14F10N2O. The second-order valence-corrected chi connectivity index (χ2v) is 7.51. The number of hydrogen-bond donors (Lipinski definition) is 1. The summed E-state index contributed by atoms with van der Waals surface area (Å²) in [5.74, 6) is -34.3. The predicted molar refractivity (Wildman–Crippen MR) is 79.8 cm³/mol. The van der Waals surface area contributed by atoms with Gasteiger partial charge in [0.25, 0.3) is 0 Å². The molecule has 1 fully saturated rings. The monoisotopic (exact) mass is 440 g/mol. The van der Waals surface area contributed by atoms with E-state index in [4.69, 9.17) is 0 Å². The van der Waals surface area contributed by atoms with Crippen molar-refractivity contribution in [2.24, 2.45) is 10.2 Å². The van der Waals surface area contributed by atoms with Crippen LogP contribution in [0.1, 0.15) is 26.3 Å². The highest BCUT2D eigenvalue weighted by molar-refractivity contribution is 5.56. The van der Waals surface area contributed by atoms with E-state index in [9.17, 15) is 49.0 Å². The van der Waals surface area contributed by atoms with Crippen LogP contribution in [0.5, 0.6) is 5.75 Å². The highest BCUT2D eigenvalue weighted by Gasteiger charge is 2.95. The van der Waals surface area contributed by atoms with E-state index >= 15 is 0 Å². The number of hydrogen-bond acceptors (Lipinski definition) is 3. The van der Waals surface area contributed by atoms with Gasteiger partial charge in [0, 0.05) is 5.56 Å². The molecule has 0 heterocycles. The Balaban J connectivity index is 2.63. The lowest BCUT2D eigenvalue weighted by atomic mass is 9.79. The standard InChI is InChI=1S/C16H14F10N2O/c1-11(2,3)7-5-4-6-8(9(7)29)27-28-10-12(17,18)14(21,22)16(25,26)15(23,24)13(10,19)20/h4-6,10,29H,1-3H3. The average molecular weight is 440 g/mol. The molecule has 0 amide bonds. The molecule has 1 aromatic rings. The molecule has 1 aliphatic rings. The zero-order valence-corrected chi connectivity index (χ0v) is 14.9. The Morgan fingerprint density at radius 1 is 0.793 bits per heavy atom. The number of benzene rings is 1. The highest BCUT2D eigenvalue weighted by Crippen LogP contribution is 2.65. The molecule has 0 saturated heterocycles. The van der Waals surface area contributed by atoms with Crippen LogP contribution >= 0.6 is 0 Å². The summed E-state index contributed by atoms with van der Waals surface area (Å²) in [4.78, 5) is 0. The fourth-order valence-electron chi connectivity index (χ4n) is 2.67. The molecule has 0 aliphatic heterocycles. The maximum atomic E-state index is 13.8. The van der Waals surface area contributed by atoms with Gasteiger partial charge in [0.05, 0.1) is 0 Å². The van der Waals surface area contributed by atoms with E-state index in [2.05, 4.69) is 10.2 Å². The van der Waals surface area contributed by atoms with E-state index < -0.39 is 52.5 Å². The van der Waals surface area contributed by atoms with Gasteiger partial charge >= 0.3 is 29.6 Å². The van der Waals surface area contributed by atoms with E-state index in [0.717, 1.165) is 6.07 Å². The van der Waals surface area contributed by atoms with Crippen molar-refractivity contribution in [1.29, 1.82) is 0 Å². The molecule has 2 rings (SSSR count). The summed E-state index contributed by atoms with van der Waals surface area (Å²) in [5.41, 5.74) is -1.46. The van der Waals surface area contributed by atoms with Gasteiger partial charge in [-0.1, -0.05) is 32.9 Å². The van der Waals surface area contributed by atoms with Crippen LogP contribution in [0, 0.1) is 0 Å². The molecule has 0 bridgehead atoms. The second-order valence-electron chi connectivity index (χ2n) is 7.51. The molecule has 0 atom stereocenters. The van der Waals surface area contributed by atoms with Crippen molar-refractivity contribution in [2.45, 2.75) is 61.8 Å². The molecule has 1 N–H and O–H groups in total. The van der Waals surface area contributed by atoms with Gasteiger partial charge in [0.1, 0.15) is 11.4 Å². The SMILES string of the molecule is CC(C)(C)c1cccc(N=NC2C(F)(F)C(F)(F)C(F)(F)C(F)(F)C2(F)F)c1O. The van der Waals surface area contributed by atoms with Gasteiger partial charge in [-0.3, -0.25) is 0 Å². The minimum absolute atomic E-state index is 0.110. The van der Waals surface area contributed by atoms with Crippen LogP contribution in [-0.2, 0) is 5.41 Å². The largest absolute Gasteiger partial charge is 0.505 e. The maximum Gasteiger partial charge on any atom is 0.384 e. The molecule has 1 aromatic carbocycles. The first-order valence-electron chi connectivity index (χ1n) is 7.87. The fraction of sp³-hybridized carbons (Fsp3) is 0.625. The quantitative estimate of drug-likeness (QED) is 0.424. The van der Waals surface area contributed by atoms with Gasteiger partial charge in [-0.25, -0.2) is 0 Å². The van der Waals surface area contributed by atoms with Crippen LogP contribution < -0.4 is 0 Å². The molecule has 29 heavy (non-hydrogen) atoms. The lowest BCUT2D eigenvalue weighted by molar-refractivity contribution is -0.449. The number of para-hydroxylation sites is 1. The number of aromatic hydroxyl groups is 1. The van der Waals surface area contributed by atoms with E-state index in [-0.39, 0.29) is 5.56 Å². The molecule has 164 valence electrons. The number of phenols is 1. The van der Waals surface area contributed by atoms with Crippen LogP contribution in [0.4, 0.5) is 49.6 Å². The number of azo groups is 1.